The minimum Gasteiger partial charge on any atom is -0.406 e. The van der Waals surface area contributed by atoms with Crippen molar-refractivity contribution in [3.8, 4) is 5.75 Å². The average Bonchev–Trinajstić information content (AvgIpc) is 2.39. The van der Waals surface area contributed by atoms with E-state index in [-0.39, 0.29) is 5.75 Å². The molecule has 0 radical (unpaired) electrons. The molecule has 1 nitrogen and oxygen atoms in total. The minimum absolute atomic E-state index is 0.243. The van der Waals surface area contributed by atoms with E-state index in [0.717, 1.165) is 11.5 Å². The van der Waals surface area contributed by atoms with Crippen molar-refractivity contribution in [3.63, 3.8) is 0 Å². The minimum atomic E-state index is -4.67. The predicted octanol–water partition coefficient (Wildman–Crippen LogP) is 5.36. The Labute approximate surface area is 128 Å². The second-order valence-corrected chi connectivity index (χ2v) is 7.25. The summed E-state index contributed by atoms with van der Waals surface area (Å²) in [5, 5.41) is 0.551. The fraction of sp³-hybridized carbons (Fsp3) is 0.385. The largest absolute Gasteiger partial charge is 0.573 e. The van der Waals surface area contributed by atoms with E-state index in [4.69, 9.17) is 11.6 Å². The van der Waals surface area contributed by atoms with E-state index in [0.29, 0.717) is 15.2 Å². The number of halogens is 4. The maximum Gasteiger partial charge on any atom is 0.573 e. The molecular weight excluding hydrogens is 329 g/mol. The van der Waals surface area contributed by atoms with Crippen LogP contribution in [0.3, 0.4) is 0 Å². The fourth-order valence-corrected chi connectivity index (χ4v) is 4.73. The van der Waals surface area contributed by atoms with Crippen LogP contribution in [0, 0.1) is 0 Å². The molecule has 1 aromatic rings. The maximum absolute atomic E-state index is 12.0. The first kappa shape index (κ1) is 15.9. The fourth-order valence-electron chi connectivity index (χ4n) is 1.63. The number of alkyl halides is 3. The van der Waals surface area contributed by atoms with Gasteiger partial charge in [-0.15, -0.1) is 36.7 Å². The molecule has 0 aliphatic carbocycles. The van der Waals surface area contributed by atoms with Crippen LogP contribution in [0.2, 0.25) is 0 Å². The molecular formula is C13H12ClF3OS2. The monoisotopic (exact) mass is 340 g/mol. The van der Waals surface area contributed by atoms with Crippen LogP contribution in [-0.4, -0.2) is 22.5 Å². The molecule has 1 aliphatic rings. The molecule has 110 valence electrons. The Kier molecular flexibility index (Phi) is 5.57. The summed E-state index contributed by atoms with van der Waals surface area (Å²) in [6.07, 6.45) is -1.53. The standard InChI is InChI=1S/C13H12ClF3OS2/c14-11(8-12-19-6-1-7-20-12)9-2-4-10(5-3-9)18-13(15,16)17/h2-5,8,12H,1,6-7H2/b11-8-. The van der Waals surface area contributed by atoms with E-state index < -0.39 is 6.36 Å². The molecule has 1 aromatic carbocycles. The quantitative estimate of drug-likeness (QED) is 0.733. The smallest absolute Gasteiger partial charge is 0.406 e. The lowest BCUT2D eigenvalue weighted by Gasteiger charge is -2.18. The van der Waals surface area contributed by atoms with Crippen molar-refractivity contribution >= 4 is 40.2 Å². The van der Waals surface area contributed by atoms with Gasteiger partial charge in [0.1, 0.15) is 5.75 Å². The lowest BCUT2D eigenvalue weighted by atomic mass is 10.2. The molecule has 1 saturated heterocycles. The average molecular weight is 341 g/mol. The molecule has 0 amide bonds. The number of hydrogen-bond acceptors (Lipinski definition) is 3. The van der Waals surface area contributed by atoms with Gasteiger partial charge in [-0.3, -0.25) is 0 Å². The molecule has 1 fully saturated rings. The van der Waals surface area contributed by atoms with Gasteiger partial charge in [0.15, 0.2) is 0 Å². The van der Waals surface area contributed by atoms with Crippen molar-refractivity contribution in [2.45, 2.75) is 17.4 Å². The highest BCUT2D eigenvalue weighted by Crippen LogP contribution is 2.35. The van der Waals surface area contributed by atoms with Gasteiger partial charge in [0, 0.05) is 5.03 Å². The van der Waals surface area contributed by atoms with Crippen LogP contribution in [0.5, 0.6) is 5.75 Å². The van der Waals surface area contributed by atoms with Crippen molar-refractivity contribution in [2.75, 3.05) is 11.5 Å². The second kappa shape index (κ2) is 7.00. The van der Waals surface area contributed by atoms with Crippen molar-refractivity contribution in [1.82, 2.24) is 0 Å². The van der Waals surface area contributed by atoms with Crippen LogP contribution in [-0.2, 0) is 0 Å². The lowest BCUT2D eigenvalue weighted by Crippen LogP contribution is -2.16. The summed E-state index contributed by atoms with van der Waals surface area (Å²) < 4.78 is 40.3. The highest BCUT2D eigenvalue weighted by molar-refractivity contribution is 8.17. The first-order valence-corrected chi connectivity index (χ1v) is 8.38. The van der Waals surface area contributed by atoms with Crippen molar-refractivity contribution in [3.05, 3.63) is 35.9 Å². The zero-order valence-electron chi connectivity index (χ0n) is 10.3. The van der Waals surface area contributed by atoms with Gasteiger partial charge in [-0.25, -0.2) is 0 Å². The van der Waals surface area contributed by atoms with Crippen molar-refractivity contribution in [2.24, 2.45) is 0 Å². The third kappa shape index (κ3) is 5.14. The van der Waals surface area contributed by atoms with E-state index in [2.05, 4.69) is 4.74 Å². The number of rotatable bonds is 3. The van der Waals surface area contributed by atoms with Gasteiger partial charge in [0.05, 0.1) is 4.58 Å². The molecule has 0 saturated carbocycles. The molecule has 2 rings (SSSR count). The summed E-state index contributed by atoms with van der Waals surface area (Å²) in [6, 6.07) is 5.58. The summed E-state index contributed by atoms with van der Waals surface area (Å²) in [6.45, 7) is 0. The van der Waals surface area contributed by atoms with Gasteiger partial charge in [-0.2, -0.15) is 0 Å². The number of ether oxygens (including phenoxy) is 1. The summed E-state index contributed by atoms with van der Waals surface area (Å²) in [5.41, 5.74) is 0.688. The Morgan fingerprint density at radius 1 is 1.20 bits per heavy atom. The summed E-state index contributed by atoms with van der Waals surface area (Å²) in [4.78, 5) is 0. The van der Waals surface area contributed by atoms with E-state index in [1.165, 1.54) is 30.7 Å². The van der Waals surface area contributed by atoms with Gasteiger partial charge in [-0.1, -0.05) is 11.6 Å². The maximum atomic E-state index is 12.0. The van der Waals surface area contributed by atoms with Crippen LogP contribution < -0.4 is 4.74 Å². The van der Waals surface area contributed by atoms with Gasteiger partial charge in [0.25, 0.3) is 0 Å². The highest BCUT2D eigenvalue weighted by atomic mass is 35.5. The molecule has 1 aliphatic heterocycles. The molecule has 7 heteroatoms. The van der Waals surface area contributed by atoms with Crippen molar-refractivity contribution < 1.29 is 17.9 Å². The van der Waals surface area contributed by atoms with Crippen LogP contribution in [0.25, 0.3) is 5.03 Å². The second-order valence-electron chi connectivity index (χ2n) is 4.05. The first-order valence-electron chi connectivity index (χ1n) is 5.91. The third-order valence-electron chi connectivity index (χ3n) is 2.50. The third-order valence-corrected chi connectivity index (χ3v) is 5.64. The van der Waals surface area contributed by atoms with Crippen LogP contribution in [0.1, 0.15) is 12.0 Å². The van der Waals surface area contributed by atoms with Gasteiger partial charge >= 0.3 is 6.36 Å². The lowest BCUT2D eigenvalue weighted by molar-refractivity contribution is -0.274. The van der Waals surface area contributed by atoms with Crippen LogP contribution >= 0.6 is 35.1 Å². The van der Waals surface area contributed by atoms with Crippen LogP contribution in [0.15, 0.2) is 30.3 Å². The van der Waals surface area contributed by atoms with E-state index in [1.54, 1.807) is 0 Å². The Balaban J connectivity index is 2.03. The van der Waals surface area contributed by atoms with Gasteiger partial charge in [-0.05, 0) is 53.8 Å². The number of benzene rings is 1. The topological polar surface area (TPSA) is 9.23 Å². The summed E-state index contributed by atoms with van der Waals surface area (Å²) in [7, 11) is 0. The van der Waals surface area contributed by atoms with Crippen molar-refractivity contribution in [1.29, 1.82) is 0 Å². The predicted molar refractivity (Wildman–Crippen MR) is 80.3 cm³/mol. The van der Waals surface area contributed by atoms with Crippen LogP contribution in [0.4, 0.5) is 13.2 Å². The molecule has 0 spiro atoms. The highest BCUT2D eigenvalue weighted by Gasteiger charge is 2.30. The molecule has 0 unspecified atom stereocenters. The molecule has 0 atom stereocenters. The number of hydrogen-bond donors (Lipinski definition) is 0. The van der Waals surface area contributed by atoms with Gasteiger partial charge in [0.2, 0.25) is 0 Å². The zero-order valence-corrected chi connectivity index (χ0v) is 12.7. The molecule has 1 heterocycles. The Morgan fingerprint density at radius 2 is 1.80 bits per heavy atom. The first-order chi connectivity index (χ1) is 9.44. The molecule has 0 N–H and O–H groups in total. The number of thioether (sulfide) groups is 2. The molecule has 0 bridgehead atoms. The molecule has 0 aromatic heterocycles. The zero-order chi connectivity index (χ0) is 14.6. The van der Waals surface area contributed by atoms with E-state index in [1.807, 2.05) is 29.6 Å². The molecule has 20 heavy (non-hydrogen) atoms. The Bertz CT molecular complexity index is 467. The van der Waals surface area contributed by atoms with E-state index >= 15 is 0 Å². The Hall–Kier alpha value is -0.460. The SMILES string of the molecule is FC(F)(F)Oc1ccc(/C(Cl)=C/C2SCCCS2)cc1. The summed E-state index contributed by atoms with van der Waals surface area (Å²) >= 11 is 9.85. The normalized spacial score (nSPS) is 18.1. The summed E-state index contributed by atoms with van der Waals surface area (Å²) in [5.74, 6) is 1.97. The van der Waals surface area contributed by atoms with Gasteiger partial charge < -0.3 is 4.74 Å². The van der Waals surface area contributed by atoms with E-state index in [9.17, 15) is 13.2 Å². The Morgan fingerprint density at radius 3 is 2.35 bits per heavy atom.